The Kier molecular flexibility index (Phi) is 9.36. The summed E-state index contributed by atoms with van der Waals surface area (Å²) in [6, 6.07) is -0.607. The lowest BCUT2D eigenvalue weighted by Crippen LogP contribution is -2.71. The number of nitrogens with zero attached hydrogens (tertiary/aromatic N) is 1. The fraction of sp³-hybridized carbons (Fsp3) is 0.848. The molecule has 0 bridgehead atoms. The van der Waals surface area contributed by atoms with Gasteiger partial charge in [-0.15, -0.1) is 11.8 Å². The van der Waals surface area contributed by atoms with Crippen molar-refractivity contribution >= 4 is 29.5 Å². The van der Waals surface area contributed by atoms with E-state index in [9.17, 15) is 24.6 Å². The summed E-state index contributed by atoms with van der Waals surface area (Å²) >= 11 is 1.57. The Labute approximate surface area is 261 Å². The maximum Gasteiger partial charge on any atom is 0.269 e. The Balaban J connectivity index is 0.00000368. The van der Waals surface area contributed by atoms with E-state index in [0.717, 1.165) is 50.5 Å². The summed E-state index contributed by atoms with van der Waals surface area (Å²) in [6.07, 6.45) is 9.97. The van der Waals surface area contributed by atoms with Crippen LogP contribution in [0.25, 0.3) is 0 Å². The summed E-state index contributed by atoms with van der Waals surface area (Å²) in [4.78, 5) is 39.9. The van der Waals surface area contributed by atoms with E-state index in [1.807, 2.05) is 6.92 Å². The average Bonchev–Trinajstić information content (AvgIpc) is 3.30. The fourth-order valence-corrected chi connectivity index (χ4v) is 11.9. The molecule has 5 fully saturated rings. The van der Waals surface area contributed by atoms with Crippen LogP contribution in [0.3, 0.4) is 0 Å². The summed E-state index contributed by atoms with van der Waals surface area (Å²) in [6.45, 7) is 6.66. The molecule has 0 aromatic carbocycles. The van der Waals surface area contributed by atoms with Crippen LogP contribution in [0.15, 0.2) is 11.3 Å². The SMILES string of the molecule is C.CC1=C(C(=O)NCN)N2C(=O)C(NC(=O)CCCC3CCC4C5C(O)C(O)C6CCCCC6(C)C5CCC34C)C2SC1. The quantitative estimate of drug-likeness (QED) is 0.217. The molecule has 9 nitrogen and oxygen atoms in total. The van der Waals surface area contributed by atoms with Gasteiger partial charge in [0.2, 0.25) is 5.91 Å². The molecular weight excluding hydrogens is 564 g/mol. The van der Waals surface area contributed by atoms with Crippen molar-refractivity contribution in [3.8, 4) is 0 Å². The van der Waals surface area contributed by atoms with Crippen LogP contribution >= 0.6 is 11.8 Å². The van der Waals surface area contributed by atoms with Crippen molar-refractivity contribution in [2.45, 2.75) is 122 Å². The van der Waals surface area contributed by atoms with Gasteiger partial charge in [0.25, 0.3) is 11.8 Å². The van der Waals surface area contributed by atoms with Crippen LogP contribution in [0, 0.1) is 40.4 Å². The van der Waals surface area contributed by atoms with Gasteiger partial charge < -0.3 is 26.6 Å². The number of fused-ring (bicyclic) bond motifs is 6. The van der Waals surface area contributed by atoms with Gasteiger partial charge in [-0.2, -0.15) is 0 Å². The van der Waals surface area contributed by atoms with Gasteiger partial charge in [0.05, 0.1) is 18.9 Å². The largest absolute Gasteiger partial charge is 0.390 e. The Morgan fingerprint density at radius 3 is 2.51 bits per heavy atom. The van der Waals surface area contributed by atoms with E-state index in [1.54, 1.807) is 11.8 Å². The highest BCUT2D eigenvalue weighted by Gasteiger charge is 2.64. The molecular formula is C33H54N4O5S. The second-order valence-electron chi connectivity index (χ2n) is 14.6. The first-order valence-corrected chi connectivity index (χ1v) is 17.4. The minimum atomic E-state index is -0.627. The van der Waals surface area contributed by atoms with Crippen LogP contribution in [0.2, 0.25) is 0 Å². The van der Waals surface area contributed by atoms with E-state index in [0.29, 0.717) is 35.6 Å². The van der Waals surface area contributed by atoms with Crippen molar-refractivity contribution in [1.82, 2.24) is 15.5 Å². The molecule has 11 atom stereocenters. The maximum absolute atomic E-state index is 13.0. The Morgan fingerprint density at radius 1 is 1.02 bits per heavy atom. The standard InChI is InChI=1S/C32H50N4O5S.CH4/c1-17-15-42-30-24(29(41)36(30)25(17)28(40)34-16-33)35-22(37)9-6-7-18-10-11-19-23-20(12-14-31(18,19)2)32(3)13-5-4-8-21(32)26(38)27(23)39;/h18-21,23-24,26-27,30,38-39H,4-16,33H2,1-3H3,(H,34,40)(H,35,37);1H4. The van der Waals surface area contributed by atoms with Gasteiger partial charge in [-0.3, -0.25) is 19.3 Å². The van der Waals surface area contributed by atoms with Crippen molar-refractivity contribution < 1.29 is 24.6 Å². The van der Waals surface area contributed by atoms with Crippen LogP contribution in [0.5, 0.6) is 0 Å². The van der Waals surface area contributed by atoms with E-state index in [4.69, 9.17) is 5.73 Å². The number of hydrogen-bond donors (Lipinski definition) is 5. The number of rotatable bonds is 7. The zero-order chi connectivity index (χ0) is 30.0. The zero-order valence-corrected chi connectivity index (χ0v) is 26.3. The van der Waals surface area contributed by atoms with Gasteiger partial charge in [0, 0.05) is 12.2 Å². The molecule has 242 valence electrons. The van der Waals surface area contributed by atoms with E-state index >= 15 is 0 Å². The number of aliphatic hydroxyl groups excluding tert-OH is 2. The fourth-order valence-electron chi connectivity index (χ4n) is 10.6. The number of carbonyl (C=O) groups is 3. The predicted octanol–water partition coefficient (Wildman–Crippen LogP) is 3.49. The third-order valence-electron chi connectivity index (χ3n) is 12.8. The van der Waals surface area contributed by atoms with E-state index in [1.165, 1.54) is 24.2 Å². The van der Waals surface area contributed by atoms with Gasteiger partial charge in [-0.05, 0) is 104 Å². The Hall–Kier alpha value is -1.62. The first-order valence-electron chi connectivity index (χ1n) is 16.3. The lowest BCUT2D eigenvalue weighted by atomic mass is 9.43. The Bertz CT molecular complexity index is 1150. The monoisotopic (exact) mass is 618 g/mol. The lowest BCUT2D eigenvalue weighted by Gasteiger charge is -2.63. The minimum absolute atomic E-state index is 0. The number of aliphatic hydroxyl groups is 2. The van der Waals surface area contributed by atoms with Crippen molar-refractivity contribution in [1.29, 1.82) is 0 Å². The van der Waals surface area contributed by atoms with Crippen molar-refractivity contribution in [2.75, 3.05) is 12.4 Å². The molecule has 6 rings (SSSR count). The molecule has 0 radical (unpaired) electrons. The normalized spacial score (nSPS) is 43.3. The lowest BCUT2D eigenvalue weighted by molar-refractivity contribution is -0.214. The first kappa shape index (κ1) is 32.8. The summed E-state index contributed by atoms with van der Waals surface area (Å²) < 4.78 is 0. The summed E-state index contributed by atoms with van der Waals surface area (Å²) in [5.41, 5.74) is 6.93. The van der Waals surface area contributed by atoms with Crippen LogP contribution in [-0.4, -0.2) is 68.9 Å². The highest BCUT2D eigenvalue weighted by Crippen LogP contribution is 2.68. The molecule has 0 aromatic rings. The summed E-state index contributed by atoms with van der Waals surface area (Å²) in [5, 5.41) is 28.0. The number of thioether (sulfide) groups is 1. The Morgan fingerprint density at radius 2 is 1.77 bits per heavy atom. The van der Waals surface area contributed by atoms with Gasteiger partial charge in [-0.25, -0.2) is 0 Å². The number of carbonyl (C=O) groups excluding carboxylic acids is 3. The van der Waals surface area contributed by atoms with Gasteiger partial charge in [-0.1, -0.05) is 34.1 Å². The van der Waals surface area contributed by atoms with Crippen LogP contribution in [0.1, 0.15) is 98.8 Å². The molecule has 0 aromatic heterocycles. The molecule has 4 aliphatic carbocycles. The first-order chi connectivity index (χ1) is 20.0. The molecule has 43 heavy (non-hydrogen) atoms. The zero-order valence-electron chi connectivity index (χ0n) is 25.4. The van der Waals surface area contributed by atoms with Gasteiger partial charge in [0.15, 0.2) is 0 Å². The highest BCUT2D eigenvalue weighted by molar-refractivity contribution is 8.00. The molecule has 3 amide bonds. The predicted molar refractivity (Wildman–Crippen MR) is 168 cm³/mol. The summed E-state index contributed by atoms with van der Waals surface area (Å²) in [5.74, 6) is 1.72. The smallest absolute Gasteiger partial charge is 0.269 e. The van der Waals surface area contributed by atoms with E-state index < -0.39 is 18.2 Å². The van der Waals surface area contributed by atoms with Crippen LogP contribution in [-0.2, 0) is 14.4 Å². The number of nitrogens with two attached hydrogens (primary N) is 1. The van der Waals surface area contributed by atoms with E-state index in [2.05, 4.69) is 24.5 Å². The highest BCUT2D eigenvalue weighted by atomic mass is 32.2. The third-order valence-corrected chi connectivity index (χ3v) is 14.2. The molecule has 2 heterocycles. The molecule has 6 aliphatic rings. The second-order valence-corrected chi connectivity index (χ2v) is 15.7. The van der Waals surface area contributed by atoms with Crippen molar-refractivity contribution in [2.24, 2.45) is 46.2 Å². The number of β-lactam (4-membered cyclic amide) rings is 1. The second kappa shape index (κ2) is 12.3. The maximum atomic E-state index is 13.0. The van der Waals surface area contributed by atoms with Crippen molar-refractivity contribution in [3.05, 3.63) is 11.3 Å². The number of amides is 3. The van der Waals surface area contributed by atoms with Crippen LogP contribution < -0.4 is 16.4 Å². The number of nitrogens with one attached hydrogen (secondary N) is 2. The average molecular weight is 619 g/mol. The molecule has 2 aliphatic heterocycles. The number of hydrogen-bond acceptors (Lipinski definition) is 7. The molecule has 10 heteroatoms. The molecule has 1 saturated heterocycles. The minimum Gasteiger partial charge on any atom is -0.390 e. The van der Waals surface area contributed by atoms with Gasteiger partial charge in [0.1, 0.15) is 17.1 Å². The third kappa shape index (κ3) is 5.16. The summed E-state index contributed by atoms with van der Waals surface area (Å²) in [7, 11) is 0. The molecule has 6 N–H and O–H groups in total. The molecule has 0 spiro atoms. The van der Waals surface area contributed by atoms with Gasteiger partial charge >= 0.3 is 0 Å². The van der Waals surface area contributed by atoms with Crippen molar-refractivity contribution in [3.63, 3.8) is 0 Å². The van der Waals surface area contributed by atoms with E-state index in [-0.39, 0.29) is 59.9 Å². The molecule has 4 saturated carbocycles. The molecule has 11 unspecified atom stereocenters. The topological polar surface area (TPSA) is 145 Å². The van der Waals surface area contributed by atoms with Crippen LogP contribution in [0.4, 0.5) is 0 Å².